The summed E-state index contributed by atoms with van der Waals surface area (Å²) in [4.78, 5) is 16.7. The van der Waals surface area contributed by atoms with E-state index in [-0.39, 0.29) is 36.4 Å². The normalized spacial score (nSPS) is 10.8. The Morgan fingerprint density at radius 3 is 2.65 bits per heavy atom. The van der Waals surface area contributed by atoms with E-state index in [1.807, 2.05) is 32.0 Å². The van der Waals surface area contributed by atoms with Crippen LogP contribution in [0, 0.1) is 12.7 Å². The monoisotopic (exact) mass is 544 g/mol. The number of aryl methyl sites for hydroxylation is 1. The molecular weight excluding hydrogens is 514 g/mol. The number of nitrogens with one attached hydrogen (secondary N) is 3. The molecule has 0 saturated heterocycles. The fourth-order valence-electron chi connectivity index (χ4n) is 2.60. The van der Waals surface area contributed by atoms with Crippen LogP contribution in [0.1, 0.15) is 18.1 Å². The average Bonchev–Trinajstić information content (AvgIpc) is 2.71. The Labute approximate surface area is 199 Å². The Morgan fingerprint density at radius 1 is 1.13 bits per heavy atom. The van der Waals surface area contributed by atoms with Gasteiger partial charge in [-0.25, -0.2) is 9.38 Å². The summed E-state index contributed by atoms with van der Waals surface area (Å²) in [6, 6.07) is 11.7. The number of rotatable bonds is 10. The van der Waals surface area contributed by atoms with Gasteiger partial charge in [0, 0.05) is 24.9 Å². The second-order valence-electron chi connectivity index (χ2n) is 6.56. The number of amides is 1. The lowest BCUT2D eigenvalue weighted by Crippen LogP contribution is -2.41. The van der Waals surface area contributed by atoms with Gasteiger partial charge in [0.15, 0.2) is 5.96 Å². The van der Waals surface area contributed by atoms with Crippen LogP contribution in [0.15, 0.2) is 47.5 Å². The molecule has 0 aromatic heterocycles. The maximum Gasteiger partial charge on any atom is 0.243 e. The quantitative estimate of drug-likeness (QED) is 0.185. The molecule has 170 valence electrons. The molecule has 0 fully saturated rings. The van der Waals surface area contributed by atoms with Crippen molar-refractivity contribution in [3.8, 4) is 5.75 Å². The second kappa shape index (κ2) is 14.6. The number of anilines is 1. The molecule has 0 spiro atoms. The molecule has 3 N–H and O–H groups in total. The Kier molecular flexibility index (Phi) is 12.5. The van der Waals surface area contributed by atoms with E-state index in [0.717, 1.165) is 16.9 Å². The van der Waals surface area contributed by atoms with Gasteiger partial charge in [0.2, 0.25) is 5.91 Å². The molecule has 0 unspecified atom stereocenters. The van der Waals surface area contributed by atoms with Crippen LogP contribution in [0.3, 0.4) is 0 Å². The van der Waals surface area contributed by atoms with Crippen LogP contribution in [0.2, 0.25) is 0 Å². The van der Waals surface area contributed by atoms with Crippen molar-refractivity contribution in [2.24, 2.45) is 4.99 Å². The summed E-state index contributed by atoms with van der Waals surface area (Å²) in [6.07, 6.45) is 0. The van der Waals surface area contributed by atoms with Gasteiger partial charge < -0.3 is 25.4 Å². The molecule has 0 aliphatic carbocycles. The van der Waals surface area contributed by atoms with Gasteiger partial charge in [-0.3, -0.25) is 4.79 Å². The van der Waals surface area contributed by atoms with Crippen molar-refractivity contribution in [2.75, 3.05) is 38.7 Å². The minimum atomic E-state index is -0.405. The third-order valence-corrected chi connectivity index (χ3v) is 4.04. The van der Waals surface area contributed by atoms with Crippen LogP contribution >= 0.6 is 24.0 Å². The number of hydrogen-bond donors (Lipinski definition) is 3. The van der Waals surface area contributed by atoms with E-state index in [2.05, 4.69) is 20.9 Å². The number of benzene rings is 2. The first-order valence-corrected chi connectivity index (χ1v) is 9.80. The van der Waals surface area contributed by atoms with Gasteiger partial charge in [-0.15, -0.1) is 24.0 Å². The fourth-order valence-corrected chi connectivity index (χ4v) is 2.60. The Hall–Kier alpha value is -2.40. The molecule has 2 aromatic carbocycles. The predicted molar refractivity (Wildman–Crippen MR) is 132 cm³/mol. The van der Waals surface area contributed by atoms with E-state index in [4.69, 9.17) is 9.47 Å². The van der Waals surface area contributed by atoms with Crippen molar-refractivity contribution in [2.45, 2.75) is 20.4 Å². The average molecular weight is 544 g/mol. The largest absolute Gasteiger partial charge is 0.491 e. The van der Waals surface area contributed by atoms with E-state index in [1.165, 1.54) is 18.2 Å². The van der Waals surface area contributed by atoms with Gasteiger partial charge in [-0.2, -0.15) is 0 Å². The number of guanidine groups is 1. The van der Waals surface area contributed by atoms with Crippen molar-refractivity contribution in [3.05, 3.63) is 59.4 Å². The summed E-state index contributed by atoms with van der Waals surface area (Å²) >= 11 is 0. The van der Waals surface area contributed by atoms with Crippen LogP contribution < -0.4 is 20.7 Å². The molecule has 0 aliphatic heterocycles. The Morgan fingerprint density at radius 2 is 1.94 bits per heavy atom. The smallest absolute Gasteiger partial charge is 0.243 e. The summed E-state index contributed by atoms with van der Waals surface area (Å²) in [5, 5.41) is 8.73. The van der Waals surface area contributed by atoms with Crippen molar-refractivity contribution in [1.29, 1.82) is 0 Å². The van der Waals surface area contributed by atoms with Gasteiger partial charge in [0.25, 0.3) is 0 Å². The molecule has 31 heavy (non-hydrogen) atoms. The number of carbonyl (C=O) groups is 1. The van der Waals surface area contributed by atoms with E-state index in [1.54, 1.807) is 13.2 Å². The summed E-state index contributed by atoms with van der Waals surface area (Å²) in [5.41, 5.74) is 2.42. The van der Waals surface area contributed by atoms with Gasteiger partial charge in [0.05, 0.1) is 19.7 Å². The standard InChI is InChI=1S/C22H29FN4O3.HI/c1-4-24-22(26-15-21(28)27-19-7-5-6-18(23)13-19)25-14-17-9-8-16(2)12-20(17)30-11-10-29-3;/h5-9,12-13H,4,10-11,14-15H2,1-3H3,(H,27,28)(H2,24,25,26);1H. The topological polar surface area (TPSA) is 84.0 Å². The molecule has 0 bridgehead atoms. The first-order chi connectivity index (χ1) is 14.5. The summed E-state index contributed by atoms with van der Waals surface area (Å²) in [7, 11) is 1.63. The molecule has 0 saturated carbocycles. The first-order valence-electron chi connectivity index (χ1n) is 9.80. The minimum Gasteiger partial charge on any atom is -0.491 e. The number of halogens is 2. The zero-order valence-electron chi connectivity index (χ0n) is 18.0. The highest BCUT2D eigenvalue weighted by molar-refractivity contribution is 14.0. The van der Waals surface area contributed by atoms with Crippen LogP contribution in [-0.4, -0.2) is 45.3 Å². The number of methoxy groups -OCH3 is 1. The summed E-state index contributed by atoms with van der Waals surface area (Å²) in [6.45, 7) is 5.91. The predicted octanol–water partition coefficient (Wildman–Crippen LogP) is 3.47. The van der Waals surface area contributed by atoms with Crippen molar-refractivity contribution in [3.63, 3.8) is 0 Å². The van der Waals surface area contributed by atoms with Crippen LogP contribution in [0.4, 0.5) is 10.1 Å². The van der Waals surface area contributed by atoms with Gasteiger partial charge >= 0.3 is 0 Å². The number of ether oxygens (including phenoxy) is 2. The van der Waals surface area contributed by atoms with E-state index >= 15 is 0 Å². The minimum absolute atomic E-state index is 0. The molecule has 0 atom stereocenters. The van der Waals surface area contributed by atoms with E-state index in [0.29, 0.717) is 38.0 Å². The highest BCUT2D eigenvalue weighted by Gasteiger charge is 2.07. The number of nitrogens with zero attached hydrogens (tertiary/aromatic N) is 1. The molecule has 0 aliphatic rings. The second-order valence-corrected chi connectivity index (χ2v) is 6.56. The molecule has 7 nitrogen and oxygen atoms in total. The highest BCUT2D eigenvalue weighted by Crippen LogP contribution is 2.21. The molecule has 2 aromatic rings. The SMILES string of the molecule is CCNC(=NCc1ccc(C)cc1OCCOC)NCC(=O)Nc1cccc(F)c1.I. The molecule has 9 heteroatoms. The third kappa shape index (κ3) is 9.97. The van der Waals surface area contributed by atoms with Gasteiger partial charge in [-0.05, 0) is 43.7 Å². The van der Waals surface area contributed by atoms with E-state index < -0.39 is 5.82 Å². The van der Waals surface area contributed by atoms with Crippen molar-refractivity contribution in [1.82, 2.24) is 10.6 Å². The molecule has 2 rings (SSSR count). The maximum absolute atomic E-state index is 13.2. The van der Waals surface area contributed by atoms with Crippen LogP contribution in [-0.2, 0) is 16.1 Å². The molecule has 0 heterocycles. The van der Waals surface area contributed by atoms with Crippen molar-refractivity contribution < 1.29 is 18.7 Å². The van der Waals surface area contributed by atoms with Crippen LogP contribution in [0.5, 0.6) is 5.75 Å². The Balaban J connectivity index is 0.00000480. The lowest BCUT2D eigenvalue weighted by Gasteiger charge is -2.13. The molecule has 0 radical (unpaired) electrons. The zero-order chi connectivity index (χ0) is 21.8. The highest BCUT2D eigenvalue weighted by atomic mass is 127. The fraction of sp³-hybridized carbons (Fsp3) is 0.364. The summed E-state index contributed by atoms with van der Waals surface area (Å²) < 4.78 is 24.1. The molecule has 1 amide bonds. The third-order valence-electron chi connectivity index (χ3n) is 4.04. The molecular formula is C22H30FIN4O3. The zero-order valence-corrected chi connectivity index (χ0v) is 20.4. The number of carbonyl (C=O) groups excluding carboxylic acids is 1. The summed E-state index contributed by atoms with van der Waals surface area (Å²) in [5.74, 6) is 0.549. The van der Waals surface area contributed by atoms with Crippen molar-refractivity contribution >= 4 is 41.5 Å². The Bertz CT molecular complexity index is 864. The van der Waals surface area contributed by atoms with Gasteiger partial charge in [-0.1, -0.05) is 18.2 Å². The first kappa shape index (κ1) is 26.6. The number of aliphatic imine (C=N–C) groups is 1. The maximum atomic E-state index is 13.2. The lowest BCUT2D eigenvalue weighted by molar-refractivity contribution is -0.115. The lowest BCUT2D eigenvalue weighted by atomic mass is 10.1. The van der Waals surface area contributed by atoms with Crippen LogP contribution in [0.25, 0.3) is 0 Å². The van der Waals surface area contributed by atoms with E-state index in [9.17, 15) is 9.18 Å². The number of hydrogen-bond acceptors (Lipinski definition) is 4. The van der Waals surface area contributed by atoms with Gasteiger partial charge in [0.1, 0.15) is 18.2 Å².